The van der Waals surface area contributed by atoms with Crippen molar-refractivity contribution in [1.29, 1.82) is 0 Å². The van der Waals surface area contributed by atoms with Crippen molar-refractivity contribution in [2.45, 2.75) is 31.1 Å². The van der Waals surface area contributed by atoms with Crippen molar-refractivity contribution in [3.8, 4) is 11.4 Å². The minimum absolute atomic E-state index is 0.0423. The van der Waals surface area contributed by atoms with Crippen molar-refractivity contribution in [2.24, 2.45) is 7.05 Å². The van der Waals surface area contributed by atoms with E-state index in [0.29, 0.717) is 5.69 Å². The number of aryl methyl sites for hydroxylation is 1. The van der Waals surface area contributed by atoms with Gasteiger partial charge in [0.2, 0.25) is 0 Å². The quantitative estimate of drug-likeness (QED) is 0.763. The molecule has 138 valence electrons. The molecular formula is C21H23N5O. The highest BCUT2D eigenvalue weighted by atomic mass is 16.2. The number of piperidine rings is 1. The fourth-order valence-electron chi connectivity index (χ4n) is 4.80. The van der Waals surface area contributed by atoms with Gasteiger partial charge in [0.25, 0.3) is 5.91 Å². The number of hydrogen-bond donors (Lipinski definition) is 1. The Morgan fingerprint density at radius 2 is 2.04 bits per heavy atom. The molecule has 6 heteroatoms. The third kappa shape index (κ3) is 2.51. The molecule has 1 fully saturated rings. The first-order valence-electron chi connectivity index (χ1n) is 9.57. The number of carbonyl (C=O) groups excluding carboxylic acids is 1. The molecule has 2 aromatic heterocycles. The summed E-state index contributed by atoms with van der Waals surface area (Å²) in [4.78, 5) is 19.8. The summed E-state index contributed by atoms with van der Waals surface area (Å²) in [6, 6.07) is 10.00. The Morgan fingerprint density at radius 1 is 1.19 bits per heavy atom. The number of rotatable bonds is 2. The molecular weight excluding hydrogens is 338 g/mol. The van der Waals surface area contributed by atoms with Crippen molar-refractivity contribution in [2.75, 3.05) is 13.1 Å². The number of nitrogens with zero attached hydrogens (tertiary/aromatic N) is 4. The first-order chi connectivity index (χ1) is 13.2. The first-order valence-corrected chi connectivity index (χ1v) is 9.57. The molecule has 1 spiro atoms. The van der Waals surface area contributed by atoms with Gasteiger partial charge in [-0.1, -0.05) is 30.3 Å². The van der Waals surface area contributed by atoms with Gasteiger partial charge in [-0.2, -0.15) is 5.10 Å². The van der Waals surface area contributed by atoms with Crippen LogP contribution in [-0.2, 0) is 18.9 Å². The van der Waals surface area contributed by atoms with Crippen LogP contribution in [0.25, 0.3) is 11.4 Å². The first kappa shape index (κ1) is 16.3. The molecule has 1 aliphatic carbocycles. The monoisotopic (exact) mass is 361 g/mol. The van der Waals surface area contributed by atoms with Crippen LogP contribution in [0.3, 0.4) is 0 Å². The molecule has 1 aromatic carbocycles. The number of carbonyl (C=O) groups is 1. The van der Waals surface area contributed by atoms with Crippen molar-refractivity contribution in [1.82, 2.24) is 24.6 Å². The van der Waals surface area contributed by atoms with Crippen molar-refractivity contribution in [3.05, 3.63) is 59.7 Å². The molecule has 1 amide bonds. The predicted molar refractivity (Wildman–Crippen MR) is 102 cm³/mol. The third-order valence-corrected chi connectivity index (χ3v) is 6.22. The lowest BCUT2D eigenvalue weighted by atomic mass is 9.77. The summed E-state index contributed by atoms with van der Waals surface area (Å²) >= 11 is 0. The van der Waals surface area contributed by atoms with Crippen LogP contribution < -0.4 is 0 Å². The van der Waals surface area contributed by atoms with Gasteiger partial charge < -0.3 is 9.47 Å². The van der Waals surface area contributed by atoms with Gasteiger partial charge in [-0.25, -0.2) is 4.98 Å². The molecule has 6 nitrogen and oxygen atoms in total. The molecule has 1 saturated heterocycles. The summed E-state index contributed by atoms with van der Waals surface area (Å²) < 4.78 is 1.91. The number of nitrogens with one attached hydrogen (secondary N) is 1. The van der Waals surface area contributed by atoms with Gasteiger partial charge in [0, 0.05) is 36.8 Å². The SMILES string of the molecule is Cn1c(C(=O)N2CCCC3(CCc4cn[nH]c43)C2)cnc1-c1ccccc1. The normalized spacial score (nSPS) is 21.6. The second-order valence-electron chi connectivity index (χ2n) is 7.77. The second-order valence-corrected chi connectivity index (χ2v) is 7.77. The molecule has 0 radical (unpaired) electrons. The van der Waals surface area contributed by atoms with Crippen LogP contribution in [0.2, 0.25) is 0 Å². The number of hydrogen-bond acceptors (Lipinski definition) is 3. The number of imidazole rings is 1. The molecule has 1 atom stereocenters. The Morgan fingerprint density at radius 3 is 2.89 bits per heavy atom. The summed E-state index contributed by atoms with van der Waals surface area (Å²) in [7, 11) is 1.92. The predicted octanol–water partition coefficient (Wildman–Crippen LogP) is 2.93. The second kappa shape index (κ2) is 6.08. The van der Waals surface area contributed by atoms with E-state index in [9.17, 15) is 4.79 Å². The molecule has 0 bridgehead atoms. The van der Waals surface area contributed by atoms with Crippen LogP contribution >= 0.6 is 0 Å². The minimum Gasteiger partial charge on any atom is -0.336 e. The lowest BCUT2D eigenvalue weighted by Crippen LogP contribution is -2.48. The van der Waals surface area contributed by atoms with Gasteiger partial charge in [0.05, 0.1) is 12.4 Å². The Hall–Kier alpha value is -2.89. The van der Waals surface area contributed by atoms with E-state index >= 15 is 0 Å². The molecule has 3 aromatic rings. The number of fused-ring (bicyclic) bond motifs is 2. The van der Waals surface area contributed by atoms with Crippen LogP contribution in [0.4, 0.5) is 0 Å². The number of benzene rings is 1. The Balaban J connectivity index is 1.43. The van der Waals surface area contributed by atoms with Crippen LogP contribution in [0, 0.1) is 0 Å². The lowest BCUT2D eigenvalue weighted by molar-refractivity contribution is 0.0623. The Labute approximate surface area is 158 Å². The van der Waals surface area contributed by atoms with Gasteiger partial charge >= 0.3 is 0 Å². The van der Waals surface area contributed by atoms with Gasteiger partial charge in [0.15, 0.2) is 0 Å². The van der Waals surface area contributed by atoms with Crippen molar-refractivity contribution in [3.63, 3.8) is 0 Å². The summed E-state index contributed by atoms with van der Waals surface area (Å²) in [5, 5.41) is 7.44. The van der Waals surface area contributed by atoms with Gasteiger partial charge in [-0.15, -0.1) is 0 Å². The maximum atomic E-state index is 13.3. The zero-order valence-corrected chi connectivity index (χ0v) is 15.5. The molecule has 0 saturated carbocycles. The molecule has 1 unspecified atom stereocenters. The van der Waals surface area contributed by atoms with E-state index in [1.54, 1.807) is 6.20 Å². The molecule has 3 heterocycles. The van der Waals surface area contributed by atoms with Crippen LogP contribution in [0.5, 0.6) is 0 Å². The highest BCUT2D eigenvalue weighted by molar-refractivity contribution is 5.93. The number of aromatic nitrogens is 4. The topological polar surface area (TPSA) is 66.8 Å². The molecule has 27 heavy (non-hydrogen) atoms. The number of amides is 1. The molecule has 1 N–H and O–H groups in total. The fourth-order valence-corrected chi connectivity index (χ4v) is 4.80. The third-order valence-electron chi connectivity index (χ3n) is 6.22. The van der Waals surface area contributed by atoms with Gasteiger partial charge in [-0.05, 0) is 31.2 Å². The van der Waals surface area contributed by atoms with E-state index in [2.05, 4.69) is 15.2 Å². The standard InChI is InChI=1S/C21H23N5O/c1-25-17(13-22-19(25)15-6-3-2-4-7-15)20(27)26-11-5-9-21(14-26)10-8-16-12-23-24-18(16)21/h2-4,6-7,12-13H,5,8-11,14H2,1H3,(H,23,24). The highest BCUT2D eigenvalue weighted by Gasteiger charge is 2.44. The van der Waals surface area contributed by atoms with Crippen LogP contribution in [0.15, 0.2) is 42.7 Å². The van der Waals surface area contributed by atoms with Crippen LogP contribution in [-0.4, -0.2) is 43.6 Å². The van der Waals surface area contributed by atoms with Crippen LogP contribution in [0.1, 0.15) is 41.0 Å². The number of H-pyrrole nitrogens is 1. The molecule has 5 rings (SSSR count). The largest absolute Gasteiger partial charge is 0.336 e. The summed E-state index contributed by atoms with van der Waals surface area (Å²) in [6.07, 6.45) is 7.94. The molecule has 1 aliphatic heterocycles. The van der Waals surface area contributed by atoms with E-state index < -0.39 is 0 Å². The van der Waals surface area contributed by atoms with E-state index in [1.165, 1.54) is 11.3 Å². The van der Waals surface area contributed by atoms with Gasteiger partial charge in [-0.3, -0.25) is 9.89 Å². The maximum Gasteiger partial charge on any atom is 0.272 e. The van der Waals surface area contributed by atoms with E-state index in [4.69, 9.17) is 0 Å². The van der Waals surface area contributed by atoms with E-state index in [-0.39, 0.29) is 11.3 Å². The van der Waals surface area contributed by atoms with Crippen molar-refractivity contribution >= 4 is 5.91 Å². The average Bonchev–Trinajstić information content (AvgIpc) is 3.40. The molecule has 2 aliphatic rings. The lowest BCUT2D eigenvalue weighted by Gasteiger charge is -2.40. The zero-order chi connectivity index (χ0) is 18.4. The Bertz CT molecular complexity index is 989. The minimum atomic E-state index is 0.0423. The maximum absolute atomic E-state index is 13.3. The number of likely N-dealkylation sites (tertiary alicyclic amines) is 1. The number of aromatic amines is 1. The smallest absolute Gasteiger partial charge is 0.272 e. The zero-order valence-electron chi connectivity index (χ0n) is 15.5. The summed E-state index contributed by atoms with van der Waals surface area (Å²) in [5.74, 6) is 0.890. The highest BCUT2D eigenvalue weighted by Crippen LogP contribution is 2.44. The fraction of sp³-hybridized carbons (Fsp3) is 0.381. The summed E-state index contributed by atoms with van der Waals surface area (Å²) in [6.45, 7) is 1.56. The van der Waals surface area contributed by atoms with E-state index in [0.717, 1.165) is 50.2 Å². The Kier molecular flexibility index (Phi) is 3.67. The van der Waals surface area contributed by atoms with E-state index in [1.807, 2.05) is 53.0 Å². The average molecular weight is 361 g/mol. The summed E-state index contributed by atoms with van der Waals surface area (Å²) in [5.41, 5.74) is 4.27. The van der Waals surface area contributed by atoms with Gasteiger partial charge in [0.1, 0.15) is 11.5 Å². The van der Waals surface area contributed by atoms with Crippen molar-refractivity contribution < 1.29 is 4.79 Å².